The van der Waals surface area contributed by atoms with E-state index in [0.29, 0.717) is 10.0 Å². The lowest BCUT2D eigenvalue weighted by Crippen LogP contribution is -2.03. The molecular formula is C12H12Cl2O2. The molecule has 2 rings (SSSR count). The lowest BCUT2D eigenvalue weighted by Gasteiger charge is -2.06. The second-order valence-corrected chi connectivity index (χ2v) is 5.54. The van der Waals surface area contributed by atoms with Crippen molar-refractivity contribution in [2.45, 2.75) is 19.8 Å². The summed E-state index contributed by atoms with van der Waals surface area (Å²) in [6.45, 7) is 3.88. The fourth-order valence-corrected chi connectivity index (χ4v) is 2.87. The van der Waals surface area contributed by atoms with Gasteiger partial charge in [-0.1, -0.05) is 49.2 Å². The summed E-state index contributed by atoms with van der Waals surface area (Å²) in [6, 6.07) is 5.36. The van der Waals surface area contributed by atoms with Crippen molar-refractivity contribution >= 4 is 29.2 Å². The van der Waals surface area contributed by atoms with Crippen LogP contribution in [-0.4, -0.2) is 11.1 Å². The molecule has 1 N–H and O–H groups in total. The Balaban J connectivity index is 2.41. The Morgan fingerprint density at radius 3 is 2.50 bits per heavy atom. The lowest BCUT2D eigenvalue weighted by molar-refractivity contribution is -0.139. The van der Waals surface area contributed by atoms with Gasteiger partial charge in [0.15, 0.2) is 0 Å². The maximum atomic E-state index is 11.1. The highest BCUT2D eigenvalue weighted by Crippen LogP contribution is 2.65. The van der Waals surface area contributed by atoms with E-state index in [1.807, 2.05) is 19.9 Å². The maximum absolute atomic E-state index is 11.1. The number of halogens is 2. The summed E-state index contributed by atoms with van der Waals surface area (Å²) in [7, 11) is 0. The predicted molar refractivity (Wildman–Crippen MR) is 64.1 cm³/mol. The van der Waals surface area contributed by atoms with E-state index in [1.54, 1.807) is 12.1 Å². The predicted octanol–water partition coefficient (Wildman–Crippen LogP) is 3.82. The van der Waals surface area contributed by atoms with Gasteiger partial charge in [-0.25, -0.2) is 0 Å². The first-order valence-corrected chi connectivity index (χ1v) is 5.79. The third kappa shape index (κ3) is 1.61. The number of aliphatic carboxylic acids is 1. The molecule has 1 aliphatic carbocycles. The van der Waals surface area contributed by atoms with Crippen LogP contribution in [-0.2, 0) is 4.79 Å². The molecule has 86 valence electrons. The number of rotatable bonds is 2. The van der Waals surface area contributed by atoms with Gasteiger partial charge in [-0.3, -0.25) is 4.79 Å². The minimum Gasteiger partial charge on any atom is -0.481 e. The molecule has 0 aromatic heterocycles. The van der Waals surface area contributed by atoms with Crippen LogP contribution in [0.5, 0.6) is 0 Å². The topological polar surface area (TPSA) is 37.3 Å². The molecule has 2 atom stereocenters. The molecule has 0 spiro atoms. The monoisotopic (exact) mass is 258 g/mol. The molecule has 0 aliphatic heterocycles. The van der Waals surface area contributed by atoms with Crippen LogP contribution in [0.1, 0.15) is 25.3 Å². The average Bonchev–Trinajstić information content (AvgIpc) is 2.74. The molecule has 0 saturated heterocycles. The van der Waals surface area contributed by atoms with E-state index in [0.717, 1.165) is 5.56 Å². The van der Waals surface area contributed by atoms with E-state index >= 15 is 0 Å². The Kier molecular flexibility index (Phi) is 2.67. The molecule has 0 bridgehead atoms. The first kappa shape index (κ1) is 11.7. The molecule has 1 aromatic rings. The zero-order valence-corrected chi connectivity index (χ0v) is 10.5. The summed E-state index contributed by atoms with van der Waals surface area (Å²) in [5, 5.41) is 10.1. The Morgan fingerprint density at radius 1 is 1.38 bits per heavy atom. The molecular weight excluding hydrogens is 247 g/mol. The van der Waals surface area contributed by atoms with Crippen LogP contribution >= 0.6 is 23.2 Å². The molecule has 1 aliphatic rings. The minimum absolute atomic E-state index is 0.0452. The standard InChI is InChI=1S/C12H12Cl2O2/c1-12(2)8(9(12)11(15)16)6-4-3-5-7(13)10(6)14/h3-5,8-9H,1-2H3,(H,15,16). The summed E-state index contributed by atoms with van der Waals surface area (Å²) < 4.78 is 0. The van der Waals surface area contributed by atoms with Gasteiger partial charge in [0.1, 0.15) is 0 Å². The van der Waals surface area contributed by atoms with Gasteiger partial charge in [0.2, 0.25) is 0 Å². The van der Waals surface area contributed by atoms with Crippen LogP contribution in [0.4, 0.5) is 0 Å². The van der Waals surface area contributed by atoms with E-state index in [2.05, 4.69) is 0 Å². The molecule has 1 saturated carbocycles. The Morgan fingerprint density at radius 2 is 2.00 bits per heavy atom. The third-order valence-corrected chi connectivity index (χ3v) is 4.24. The summed E-state index contributed by atoms with van der Waals surface area (Å²) in [4.78, 5) is 11.1. The molecule has 1 aromatic carbocycles. The summed E-state index contributed by atoms with van der Waals surface area (Å²) in [5.74, 6) is -1.19. The van der Waals surface area contributed by atoms with Crippen molar-refractivity contribution in [1.29, 1.82) is 0 Å². The number of hydrogen-bond acceptors (Lipinski definition) is 1. The molecule has 0 radical (unpaired) electrons. The highest BCUT2D eigenvalue weighted by molar-refractivity contribution is 6.42. The Bertz CT molecular complexity index is 454. The van der Waals surface area contributed by atoms with Crippen LogP contribution in [0.15, 0.2) is 18.2 Å². The maximum Gasteiger partial charge on any atom is 0.307 e. The number of hydrogen-bond donors (Lipinski definition) is 1. The minimum atomic E-state index is -0.772. The fourth-order valence-electron chi connectivity index (χ4n) is 2.44. The zero-order valence-electron chi connectivity index (χ0n) is 9.00. The molecule has 2 unspecified atom stereocenters. The zero-order chi connectivity index (χ0) is 12.1. The highest BCUT2D eigenvalue weighted by atomic mass is 35.5. The molecule has 4 heteroatoms. The van der Waals surface area contributed by atoms with Gasteiger partial charge < -0.3 is 5.11 Å². The van der Waals surface area contributed by atoms with E-state index in [1.165, 1.54) is 0 Å². The first-order valence-electron chi connectivity index (χ1n) is 5.04. The lowest BCUT2D eigenvalue weighted by atomic mass is 10.0. The highest BCUT2D eigenvalue weighted by Gasteiger charge is 2.63. The van der Waals surface area contributed by atoms with E-state index in [4.69, 9.17) is 28.3 Å². The molecule has 16 heavy (non-hydrogen) atoms. The van der Waals surface area contributed by atoms with Crippen molar-refractivity contribution < 1.29 is 9.90 Å². The summed E-state index contributed by atoms with van der Waals surface area (Å²) in [6.07, 6.45) is 0. The van der Waals surface area contributed by atoms with Gasteiger partial charge in [-0.05, 0) is 17.0 Å². The third-order valence-electron chi connectivity index (χ3n) is 3.41. The molecule has 0 amide bonds. The van der Waals surface area contributed by atoms with Crippen LogP contribution in [0.3, 0.4) is 0 Å². The van der Waals surface area contributed by atoms with Crippen LogP contribution in [0, 0.1) is 11.3 Å². The van der Waals surface area contributed by atoms with Crippen molar-refractivity contribution in [3.63, 3.8) is 0 Å². The van der Waals surface area contributed by atoms with Crippen molar-refractivity contribution in [3.8, 4) is 0 Å². The molecule has 0 heterocycles. The molecule has 2 nitrogen and oxygen atoms in total. The normalized spacial score (nSPS) is 26.5. The van der Waals surface area contributed by atoms with Gasteiger partial charge in [0.25, 0.3) is 0 Å². The quantitative estimate of drug-likeness (QED) is 0.876. The van der Waals surface area contributed by atoms with Crippen molar-refractivity contribution in [2.75, 3.05) is 0 Å². The van der Waals surface area contributed by atoms with E-state index in [9.17, 15) is 4.79 Å². The second kappa shape index (κ2) is 3.64. The Labute approximate surface area is 104 Å². The SMILES string of the molecule is CC1(C)C(C(=O)O)C1c1cccc(Cl)c1Cl. The Hall–Kier alpha value is -0.730. The van der Waals surface area contributed by atoms with Crippen LogP contribution in [0.2, 0.25) is 10.0 Å². The van der Waals surface area contributed by atoms with Gasteiger partial charge >= 0.3 is 5.97 Å². The summed E-state index contributed by atoms with van der Waals surface area (Å²) in [5.41, 5.74) is 0.590. The second-order valence-electron chi connectivity index (χ2n) is 4.76. The number of carboxylic acids is 1. The largest absolute Gasteiger partial charge is 0.481 e. The van der Waals surface area contributed by atoms with E-state index in [-0.39, 0.29) is 17.3 Å². The van der Waals surface area contributed by atoms with Gasteiger partial charge in [0, 0.05) is 5.92 Å². The van der Waals surface area contributed by atoms with Gasteiger partial charge in [-0.2, -0.15) is 0 Å². The van der Waals surface area contributed by atoms with Gasteiger partial charge in [0.05, 0.1) is 16.0 Å². The fraction of sp³-hybridized carbons (Fsp3) is 0.417. The van der Waals surface area contributed by atoms with Crippen LogP contribution < -0.4 is 0 Å². The molecule has 1 fully saturated rings. The first-order chi connectivity index (χ1) is 7.37. The average molecular weight is 259 g/mol. The van der Waals surface area contributed by atoms with Crippen molar-refractivity contribution in [1.82, 2.24) is 0 Å². The number of carbonyl (C=O) groups is 1. The van der Waals surface area contributed by atoms with Crippen LogP contribution in [0.25, 0.3) is 0 Å². The number of benzene rings is 1. The van der Waals surface area contributed by atoms with Crippen molar-refractivity contribution in [2.24, 2.45) is 11.3 Å². The summed E-state index contributed by atoms with van der Waals surface area (Å²) >= 11 is 12.0. The van der Waals surface area contributed by atoms with Crippen molar-refractivity contribution in [3.05, 3.63) is 33.8 Å². The van der Waals surface area contributed by atoms with Gasteiger partial charge in [-0.15, -0.1) is 0 Å². The smallest absolute Gasteiger partial charge is 0.307 e. The van der Waals surface area contributed by atoms with E-state index < -0.39 is 5.97 Å². The number of carboxylic acid groups (broad SMARTS) is 1.